The van der Waals surface area contributed by atoms with Crippen molar-refractivity contribution < 1.29 is 25.2 Å². The second-order valence-corrected chi connectivity index (χ2v) is 1.80. The molecule has 0 radical (unpaired) electrons. The maximum Gasteiger partial charge on any atom is 0.194 e. The number of aliphatic hydroxyl groups excluding tert-OH is 4. The summed E-state index contributed by atoms with van der Waals surface area (Å²) in [4.78, 5) is 10.5. The Morgan fingerprint density at radius 3 is 1.60 bits per heavy atom. The van der Waals surface area contributed by atoms with Crippen LogP contribution in [0.3, 0.4) is 0 Å². The number of Topliss-reactive ketones (excluding diaryl/α,β-unsaturated/α-hetero) is 1. The number of carbonyl (C=O) groups is 1. The molecule has 0 fully saturated rings. The molecule has 0 aliphatic carbocycles. The van der Waals surface area contributed by atoms with Gasteiger partial charge in [-0.05, 0) is 0 Å². The van der Waals surface area contributed by atoms with E-state index in [1.165, 1.54) is 0 Å². The van der Waals surface area contributed by atoms with Crippen LogP contribution >= 0.6 is 0 Å². The van der Waals surface area contributed by atoms with Gasteiger partial charge in [0.15, 0.2) is 5.78 Å². The van der Waals surface area contributed by atoms with Gasteiger partial charge in [-0.1, -0.05) is 0 Å². The lowest BCUT2D eigenvalue weighted by Crippen LogP contribution is -2.36. The quantitative estimate of drug-likeness (QED) is 0.348. The summed E-state index contributed by atoms with van der Waals surface area (Å²) in [5.41, 5.74) is 0. The van der Waals surface area contributed by atoms with Gasteiger partial charge in [-0.3, -0.25) is 4.79 Å². The van der Waals surface area contributed by atoms with Crippen LogP contribution in [0.5, 0.6) is 0 Å². The molecule has 10 heavy (non-hydrogen) atoms. The molecule has 0 saturated heterocycles. The Kier molecular flexibility index (Phi) is 4.13. The van der Waals surface area contributed by atoms with Crippen molar-refractivity contribution in [2.75, 3.05) is 13.2 Å². The molecular formula is C5H10O5. The molecule has 60 valence electrons. The lowest BCUT2D eigenvalue weighted by atomic mass is 10.1. The van der Waals surface area contributed by atoms with Gasteiger partial charge in [0.05, 0.1) is 13.2 Å². The zero-order valence-electron chi connectivity index (χ0n) is 5.27. The summed E-state index contributed by atoms with van der Waals surface area (Å²) in [6.07, 6.45) is -3.19. The molecule has 0 rings (SSSR count). The van der Waals surface area contributed by atoms with Crippen LogP contribution in [0.15, 0.2) is 0 Å². The molecule has 0 heterocycles. The molecule has 0 aromatic heterocycles. The summed E-state index contributed by atoms with van der Waals surface area (Å²) >= 11 is 0. The highest BCUT2D eigenvalue weighted by Crippen LogP contribution is 1.90. The summed E-state index contributed by atoms with van der Waals surface area (Å²) in [5, 5.41) is 33.5. The third-order valence-corrected chi connectivity index (χ3v) is 1.00. The molecule has 0 aromatic carbocycles. The average molecular weight is 150 g/mol. The minimum absolute atomic E-state index is 0.740. The molecule has 0 aliphatic heterocycles. The summed E-state index contributed by atoms with van der Waals surface area (Å²) in [5.74, 6) is -0.968. The number of carbonyl (C=O) groups excluding carboxylic acids is 1. The Morgan fingerprint density at radius 2 is 1.40 bits per heavy atom. The fraction of sp³-hybridized carbons (Fsp3) is 0.800. The number of rotatable bonds is 4. The predicted molar refractivity (Wildman–Crippen MR) is 31.2 cm³/mol. The van der Waals surface area contributed by atoms with Crippen molar-refractivity contribution in [2.24, 2.45) is 0 Å². The van der Waals surface area contributed by atoms with E-state index in [0.29, 0.717) is 0 Å². The molecule has 0 saturated carbocycles. The normalized spacial score (nSPS) is 16.4. The first-order valence-electron chi connectivity index (χ1n) is 2.75. The highest BCUT2D eigenvalue weighted by molar-refractivity contribution is 5.87. The maximum absolute atomic E-state index is 10.5. The van der Waals surface area contributed by atoms with E-state index in [9.17, 15) is 4.79 Å². The van der Waals surface area contributed by atoms with Crippen LogP contribution in [0.4, 0.5) is 0 Å². The average Bonchev–Trinajstić information content (AvgIpc) is 2.00. The first-order chi connectivity index (χ1) is 4.63. The Hall–Kier alpha value is -0.490. The van der Waals surface area contributed by atoms with Gasteiger partial charge in [0, 0.05) is 0 Å². The van der Waals surface area contributed by atoms with Crippen molar-refractivity contribution in [1.29, 1.82) is 0 Å². The maximum atomic E-state index is 10.5. The van der Waals surface area contributed by atoms with Gasteiger partial charge in [0.2, 0.25) is 0 Å². The van der Waals surface area contributed by atoms with Crippen LogP contribution in [0.25, 0.3) is 0 Å². The van der Waals surface area contributed by atoms with Crippen LogP contribution in [0, 0.1) is 0 Å². The van der Waals surface area contributed by atoms with Gasteiger partial charge >= 0.3 is 0 Å². The molecule has 0 spiro atoms. The highest BCUT2D eigenvalue weighted by Gasteiger charge is 2.21. The van der Waals surface area contributed by atoms with Crippen LogP contribution in [-0.4, -0.2) is 51.6 Å². The third kappa shape index (κ3) is 2.40. The summed E-state index contributed by atoms with van der Waals surface area (Å²) in [6, 6.07) is 0. The van der Waals surface area contributed by atoms with E-state index in [2.05, 4.69) is 0 Å². The standard InChI is InChI=1S/C5H10O5/c6-1-3(8)5(10)4(9)2-7/h3-4,6-9H,1-2H2/t3-,4?/m1/s1. The zero-order valence-corrected chi connectivity index (χ0v) is 5.27. The van der Waals surface area contributed by atoms with Gasteiger partial charge in [-0.2, -0.15) is 0 Å². The topological polar surface area (TPSA) is 98.0 Å². The molecule has 0 bridgehead atoms. The number of hydrogen-bond acceptors (Lipinski definition) is 5. The summed E-state index contributed by atoms with van der Waals surface area (Å²) in [7, 11) is 0. The smallest absolute Gasteiger partial charge is 0.194 e. The van der Waals surface area contributed by atoms with Crippen molar-refractivity contribution in [1.82, 2.24) is 0 Å². The van der Waals surface area contributed by atoms with E-state index in [1.54, 1.807) is 0 Å². The number of ketones is 1. The summed E-state index contributed by atoms with van der Waals surface area (Å²) in [6.45, 7) is -1.48. The van der Waals surface area contributed by atoms with E-state index in [0.717, 1.165) is 0 Å². The van der Waals surface area contributed by atoms with Gasteiger partial charge in [-0.25, -0.2) is 0 Å². The van der Waals surface area contributed by atoms with Crippen molar-refractivity contribution in [3.8, 4) is 0 Å². The summed E-state index contributed by atoms with van der Waals surface area (Å²) < 4.78 is 0. The molecule has 2 atom stereocenters. The number of aliphatic hydroxyl groups is 4. The Labute approximate surface area is 57.5 Å². The van der Waals surface area contributed by atoms with E-state index in [-0.39, 0.29) is 0 Å². The third-order valence-electron chi connectivity index (χ3n) is 1.00. The predicted octanol–water partition coefficient (Wildman–Crippen LogP) is -2.74. The first-order valence-corrected chi connectivity index (χ1v) is 2.75. The molecule has 0 aromatic rings. The minimum atomic E-state index is -1.60. The fourth-order valence-electron chi connectivity index (χ4n) is 0.402. The van der Waals surface area contributed by atoms with Crippen molar-refractivity contribution in [3.05, 3.63) is 0 Å². The van der Waals surface area contributed by atoms with Crippen molar-refractivity contribution in [2.45, 2.75) is 12.2 Å². The van der Waals surface area contributed by atoms with Crippen molar-refractivity contribution >= 4 is 5.78 Å². The Balaban J connectivity index is 3.82. The second kappa shape index (κ2) is 4.35. The molecule has 5 heteroatoms. The largest absolute Gasteiger partial charge is 0.393 e. The Bertz CT molecular complexity index is 101. The van der Waals surface area contributed by atoms with E-state index < -0.39 is 31.2 Å². The second-order valence-electron chi connectivity index (χ2n) is 1.80. The van der Waals surface area contributed by atoms with E-state index in [1.807, 2.05) is 0 Å². The number of hydrogen-bond donors (Lipinski definition) is 4. The first kappa shape index (κ1) is 9.51. The minimum Gasteiger partial charge on any atom is -0.393 e. The molecule has 5 nitrogen and oxygen atoms in total. The van der Waals surface area contributed by atoms with Crippen LogP contribution < -0.4 is 0 Å². The van der Waals surface area contributed by atoms with E-state index >= 15 is 0 Å². The van der Waals surface area contributed by atoms with Gasteiger partial charge in [0.1, 0.15) is 12.2 Å². The molecule has 1 unspecified atom stereocenters. The lowest BCUT2D eigenvalue weighted by Gasteiger charge is -2.08. The van der Waals surface area contributed by atoms with Crippen molar-refractivity contribution in [3.63, 3.8) is 0 Å². The van der Waals surface area contributed by atoms with Gasteiger partial charge in [0.25, 0.3) is 0 Å². The molecule has 0 amide bonds. The lowest BCUT2D eigenvalue weighted by molar-refractivity contribution is -0.139. The van der Waals surface area contributed by atoms with Gasteiger partial charge in [-0.15, -0.1) is 0 Å². The van der Waals surface area contributed by atoms with Crippen LogP contribution in [0.1, 0.15) is 0 Å². The zero-order chi connectivity index (χ0) is 8.15. The highest BCUT2D eigenvalue weighted by atomic mass is 16.3. The van der Waals surface area contributed by atoms with E-state index in [4.69, 9.17) is 20.4 Å². The Morgan fingerprint density at radius 1 is 1.10 bits per heavy atom. The fourth-order valence-corrected chi connectivity index (χ4v) is 0.402. The monoisotopic (exact) mass is 150 g/mol. The van der Waals surface area contributed by atoms with Crippen LogP contribution in [0.2, 0.25) is 0 Å². The SMILES string of the molecule is O=C(C(O)CO)[C@H](O)CO. The molecule has 0 aliphatic rings. The van der Waals surface area contributed by atoms with Crippen LogP contribution in [-0.2, 0) is 4.79 Å². The molecular weight excluding hydrogens is 140 g/mol. The molecule has 4 N–H and O–H groups in total. The van der Waals surface area contributed by atoms with Gasteiger partial charge < -0.3 is 20.4 Å².